The Morgan fingerprint density at radius 1 is 1.39 bits per heavy atom. The van der Waals surface area contributed by atoms with E-state index in [9.17, 15) is 4.79 Å². The lowest BCUT2D eigenvalue weighted by Crippen LogP contribution is -2.23. The molecule has 0 aliphatic heterocycles. The van der Waals surface area contributed by atoms with Gasteiger partial charge in [0.05, 0.1) is 18.4 Å². The van der Waals surface area contributed by atoms with Gasteiger partial charge in [0, 0.05) is 5.57 Å². The van der Waals surface area contributed by atoms with Gasteiger partial charge in [-0.1, -0.05) is 36.9 Å². The number of nitrogens with one attached hydrogen (secondary N) is 2. The Balaban J connectivity index is 2.03. The van der Waals surface area contributed by atoms with Crippen molar-refractivity contribution in [2.75, 3.05) is 0 Å². The molecule has 92 valence electrons. The maximum absolute atomic E-state index is 11.3. The first kappa shape index (κ1) is 12.1. The number of aromatic amines is 1. The molecule has 0 fully saturated rings. The minimum absolute atomic E-state index is 0.160. The van der Waals surface area contributed by atoms with Crippen LogP contribution in [0.3, 0.4) is 0 Å². The van der Waals surface area contributed by atoms with Crippen LogP contribution in [0, 0.1) is 0 Å². The van der Waals surface area contributed by atoms with Crippen LogP contribution in [-0.2, 0) is 11.3 Å². The Bertz CT molecular complexity index is 557. The van der Waals surface area contributed by atoms with Crippen LogP contribution >= 0.6 is 0 Å². The third kappa shape index (κ3) is 2.85. The number of H-pyrrole nitrogens is 1. The number of imidazole rings is 1. The lowest BCUT2D eigenvalue weighted by Gasteiger charge is -2.01. The first-order valence-corrected chi connectivity index (χ1v) is 5.70. The second-order valence-electron chi connectivity index (χ2n) is 4.07. The molecule has 2 rings (SSSR count). The van der Waals surface area contributed by atoms with Crippen LogP contribution in [0.2, 0.25) is 0 Å². The number of aromatic nitrogens is 2. The van der Waals surface area contributed by atoms with Gasteiger partial charge >= 0.3 is 0 Å². The van der Waals surface area contributed by atoms with Crippen molar-refractivity contribution in [3.05, 3.63) is 54.5 Å². The molecule has 1 amide bonds. The zero-order valence-corrected chi connectivity index (χ0v) is 10.2. The predicted molar refractivity (Wildman–Crippen MR) is 70.7 cm³/mol. The summed E-state index contributed by atoms with van der Waals surface area (Å²) in [5.74, 6) is 0.566. The Labute approximate surface area is 106 Å². The van der Waals surface area contributed by atoms with Gasteiger partial charge < -0.3 is 10.3 Å². The molecule has 4 heteroatoms. The van der Waals surface area contributed by atoms with E-state index < -0.39 is 0 Å². The molecule has 4 nitrogen and oxygen atoms in total. The molecule has 0 saturated heterocycles. The van der Waals surface area contributed by atoms with E-state index in [0.717, 1.165) is 17.1 Å². The summed E-state index contributed by atoms with van der Waals surface area (Å²) < 4.78 is 0. The number of carbonyl (C=O) groups is 1. The van der Waals surface area contributed by atoms with E-state index in [1.165, 1.54) is 0 Å². The lowest BCUT2D eigenvalue weighted by molar-refractivity contribution is -0.117. The van der Waals surface area contributed by atoms with Crippen LogP contribution in [0.5, 0.6) is 0 Å². The number of hydrogen-bond acceptors (Lipinski definition) is 2. The third-order valence-electron chi connectivity index (χ3n) is 2.52. The Kier molecular flexibility index (Phi) is 3.57. The summed E-state index contributed by atoms with van der Waals surface area (Å²) >= 11 is 0. The van der Waals surface area contributed by atoms with Gasteiger partial charge in [-0.15, -0.1) is 0 Å². The van der Waals surface area contributed by atoms with Gasteiger partial charge in [-0.05, 0) is 12.5 Å². The second kappa shape index (κ2) is 5.31. The average molecular weight is 241 g/mol. The Hall–Kier alpha value is -2.36. The van der Waals surface area contributed by atoms with Crippen molar-refractivity contribution < 1.29 is 4.79 Å². The SMILES string of the molecule is C=C(C)C(=O)NCc1ncc(-c2ccccc2)[nH]1. The average Bonchev–Trinajstić information content (AvgIpc) is 2.85. The molecule has 2 aromatic rings. The minimum Gasteiger partial charge on any atom is -0.345 e. The molecule has 18 heavy (non-hydrogen) atoms. The first-order valence-electron chi connectivity index (χ1n) is 5.70. The molecule has 0 saturated carbocycles. The second-order valence-corrected chi connectivity index (χ2v) is 4.07. The highest BCUT2D eigenvalue weighted by Gasteiger charge is 2.05. The predicted octanol–water partition coefficient (Wildman–Crippen LogP) is 2.27. The normalized spacial score (nSPS) is 10.1. The van der Waals surface area contributed by atoms with Crippen LogP contribution in [0.25, 0.3) is 11.3 Å². The van der Waals surface area contributed by atoms with Crippen molar-refractivity contribution in [2.24, 2.45) is 0 Å². The van der Waals surface area contributed by atoms with Gasteiger partial charge in [0.1, 0.15) is 5.82 Å². The van der Waals surface area contributed by atoms with E-state index in [0.29, 0.717) is 12.1 Å². The van der Waals surface area contributed by atoms with Crippen molar-refractivity contribution in [2.45, 2.75) is 13.5 Å². The van der Waals surface area contributed by atoms with Crippen LogP contribution in [-0.4, -0.2) is 15.9 Å². The van der Waals surface area contributed by atoms with E-state index in [1.54, 1.807) is 13.1 Å². The molecular weight excluding hydrogens is 226 g/mol. The van der Waals surface area contributed by atoms with Crippen molar-refractivity contribution in [1.82, 2.24) is 15.3 Å². The molecule has 0 aliphatic carbocycles. The van der Waals surface area contributed by atoms with E-state index in [-0.39, 0.29) is 5.91 Å². The number of hydrogen-bond donors (Lipinski definition) is 2. The van der Waals surface area contributed by atoms with Crippen LogP contribution in [0.4, 0.5) is 0 Å². The largest absolute Gasteiger partial charge is 0.345 e. The topological polar surface area (TPSA) is 57.8 Å². The minimum atomic E-state index is -0.160. The molecule has 1 aromatic carbocycles. The fourth-order valence-corrected chi connectivity index (χ4v) is 1.53. The standard InChI is InChI=1S/C14H15N3O/c1-10(2)14(18)16-9-13-15-8-12(17-13)11-6-4-3-5-7-11/h3-8H,1,9H2,2H3,(H,15,17)(H,16,18). The fourth-order valence-electron chi connectivity index (χ4n) is 1.53. The lowest BCUT2D eigenvalue weighted by atomic mass is 10.2. The fraction of sp³-hybridized carbons (Fsp3) is 0.143. The van der Waals surface area contributed by atoms with E-state index >= 15 is 0 Å². The maximum Gasteiger partial charge on any atom is 0.246 e. The van der Waals surface area contributed by atoms with E-state index in [4.69, 9.17) is 0 Å². The van der Waals surface area contributed by atoms with Crippen LogP contribution < -0.4 is 5.32 Å². The molecule has 1 aromatic heterocycles. The molecule has 1 heterocycles. The summed E-state index contributed by atoms with van der Waals surface area (Å²) in [6.45, 7) is 5.62. The van der Waals surface area contributed by atoms with Gasteiger partial charge in [0.25, 0.3) is 0 Å². The van der Waals surface area contributed by atoms with Gasteiger partial charge in [0.15, 0.2) is 0 Å². The molecule has 0 bridgehead atoms. The van der Waals surface area contributed by atoms with Crippen LogP contribution in [0.1, 0.15) is 12.7 Å². The Morgan fingerprint density at radius 2 is 2.11 bits per heavy atom. The van der Waals surface area contributed by atoms with E-state index in [2.05, 4.69) is 21.9 Å². The highest BCUT2D eigenvalue weighted by molar-refractivity contribution is 5.91. The summed E-state index contributed by atoms with van der Waals surface area (Å²) in [4.78, 5) is 18.7. The summed E-state index contributed by atoms with van der Waals surface area (Å²) in [5, 5.41) is 2.73. The third-order valence-corrected chi connectivity index (χ3v) is 2.52. The molecule has 0 radical (unpaired) electrons. The quantitative estimate of drug-likeness (QED) is 0.807. The van der Waals surface area contributed by atoms with E-state index in [1.807, 2.05) is 30.3 Å². The van der Waals surface area contributed by atoms with Gasteiger partial charge in [-0.3, -0.25) is 4.79 Å². The highest BCUT2D eigenvalue weighted by atomic mass is 16.1. The molecule has 0 atom stereocenters. The van der Waals surface area contributed by atoms with Crippen LogP contribution in [0.15, 0.2) is 48.7 Å². The summed E-state index contributed by atoms with van der Waals surface area (Å²) in [6, 6.07) is 9.92. The van der Waals surface area contributed by atoms with Gasteiger partial charge in [-0.2, -0.15) is 0 Å². The summed E-state index contributed by atoms with van der Waals surface area (Å²) in [5.41, 5.74) is 2.50. The maximum atomic E-state index is 11.3. The first-order chi connectivity index (χ1) is 8.66. The molecular formula is C14H15N3O. The summed E-state index contributed by atoms with van der Waals surface area (Å²) in [7, 11) is 0. The van der Waals surface area contributed by atoms with Crippen molar-refractivity contribution in [3.63, 3.8) is 0 Å². The zero-order chi connectivity index (χ0) is 13.0. The van der Waals surface area contributed by atoms with Gasteiger partial charge in [-0.25, -0.2) is 4.98 Å². The van der Waals surface area contributed by atoms with Crippen molar-refractivity contribution in [1.29, 1.82) is 0 Å². The number of amides is 1. The highest BCUT2D eigenvalue weighted by Crippen LogP contribution is 2.15. The smallest absolute Gasteiger partial charge is 0.246 e. The zero-order valence-electron chi connectivity index (χ0n) is 10.2. The summed E-state index contributed by atoms with van der Waals surface area (Å²) in [6.07, 6.45) is 1.76. The van der Waals surface area contributed by atoms with Crippen molar-refractivity contribution in [3.8, 4) is 11.3 Å². The molecule has 2 N–H and O–H groups in total. The number of benzene rings is 1. The molecule has 0 spiro atoms. The molecule has 0 unspecified atom stereocenters. The number of carbonyl (C=O) groups excluding carboxylic acids is 1. The van der Waals surface area contributed by atoms with Crippen molar-refractivity contribution >= 4 is 5.91 Å². The monoisotopic (exact) mass is 241 g/mol. The molecule has 0 aliphatic rings. The number of rotatable bonds is 4. The Morgan fingerprint density at radius 3 is 2.78 bits per heavy atom. The number of nitrogens with zero attached hydrogens (tertiary/aromatic N) is 1. The van der Waals surface area contributed by atoms with Gasteiger partial charge in [0.2, 0.25) is 5.91 Å².